The first-order valence-electron chi connectivity index (χ1n) is 6.27. The molecular weight excluding hydrogens is 238 g/mol. The monoisotopic (exact) mass is 257 g/mol. The maximum atomic E-state index is 7.83. The molecule has 1 aromatic rings. The van der Waals surface area contributed by atoms with Gasteiger partial charge in [-0.1, -0.05) is 20.8 Å². The molecule has 0 unspecified atom stereocenters. The van der Waals surface area contributed by atoms with E-state index in [9.17, 15) is 0 Å². The van der Waals surface area contributed by atoms with Crippen molar-refractivity contribution >= 4 is 0 Å². The largest absolute Gasteiger partial charge is 0.335 e. The number of nitrogens with zero attached hydrogens (tertiary/aromatic N) is 5. The summed E-state index contributed by atoms with van der Waals surface area (Å²) in [6.45, 7) is 7.75. The van der Waals surface area contributed by atoms with Crippen molar-refractivity contribution in [1.82, 2.24) is 9.55 Å². The fraction of sp³-hybridized carbons (Fsp3) is 0.571. The van der Waals surface area contributed by atoms with Crippen molar-refractivity contribution in [2.24, 2.45) is 11.8 Å². The molecule has 0 atom stereocenters. The first-order valence-corrected chi connectivity index (χ1v) is 6.27. The van der Waals surface area contributed by atoms with Gasteiger partial charge in [-0.3, -0.25) is 0 Å². The highest BCUT2D eigenvalue weighted by atomic mass is 15.1. The molecular formula is C14H19N5. The lowest BCUT2D eigenvalue weighted by molar-refractivity contribution is 0.567. The molecule has 0 fully saturated rings. The van der Waals surface area contributed by atoms with Gasteiger partial charge in [-0.15, -0.1) is 0 Å². The third kappa shape index (κ3) is 6.86. The normalized spacial score (nSPS) is 9.16. The summed E-state index contributed by atoms with van der Waals surface area (Å²) in [5.74, 6) is 0.829. The quantitative estimate of drug-likeness (QED) is 0.829. The lowest BCUT2D eigenvalue weighted by atomic mass is 10.1. The van der Waals surface area contributed by atoms with Gasteiger partial charge in [0.15, 0.2) is 0 Å². The molecule has 0 N–H and O–H groups in total. The van der Waals surface area contributed by atoms with Crippen LogP contribution in [0, 0.1) is 45.8 Å². The minimum absolute atomic E-state index is 0.697. The number of aromatic nitrogens is 2. The van der Waals surface area contributed by atoms with Crippen molar-refractivity contribution in [2.45, 2.75) is 40.2 Å². The van der Waals surface area contributed by atoms with Crippen LogP contribution in [-0.2, 0) is 13.0 Å². The SMILES string of the molecule is CCCn1ccnc1CC(C)C.N#CC(C#N)C#N. The second-order valence-electron chi connectivity index (χ2n) is 4.46. The fourth-order valence-corrected chi connectivity index (χ4v) is 1.43. The summed E-state index contributed by atoms with van der Waals surface area (Å²) in [5.41, 5.74) is 0. The number of rotatable bonds is 4. The number of nitriles is 3. The van der Waals surface area contributed by atoms with E-state index in [1.807, 2.05) is 6.20 Å². The van der Waals surface area contributed by atoms with Crippen molar-refractivity contribution in [3.63, 3.8) is 0 Å². The molecule has 0 aromatic carbocycles. The molecule has 0 saturated heterocycles. The lowest BCUT2D eigenvalue weighted by Crippen LogP contribution is -2.05. The van der Waals surface area contributed by atoms with E-state index in [1.54, 1.807) is 0 Å². The van der Waals surface area contributed by atoms with Crippen LogP contribution >= 0.6 is 0 Å². The van der Waals surface area contributed by atoms with Crippen LogP contribution in [0.15, 0.2) is 12.4 Å². The Labute approximate surface area is 114 Å². The second-order valence-corrected chi connectivity index (χ2v) is 4.46. The topological polar surface area (TPSA) is 89.2 Å². The number of aryl methyl sites for hydroxylation is 1. The molecule has 0 aliphatic heterocycles. The number of hydrogen-bond donors (Lipinski definition) is 0. The molecule has 0 aliphatic carbocycles. The predicted octanol–water partition coefficient (Wildman–Crippen LogP) is 2.66. The molecule has 1 heterocycles. The molecule has 19 heavy (non-hydrogen) atoms. The van der Waals surface area contributed by atoms with Crippen LogP contribution in [0.25, 0.3) is 0 Å². The first kappa shape index (κ1) is 16.7. The summed E-state index contributed by atoms with van der Waals surface area (Å²) >= 11 is 0. The van der Waals surface area contributed by atoms with Gasteiger partial charge in [-0.25, -0.2) is 4.98 Å². The van der Waals surface area contributed by atoms with Crippen molar-refractivity contribution in [1.29, 1.82) is 15.8 Å². The highest BCUT2D eigenvalue weighted by Gasteiger charge is 2.03. The smallest absolute Gasteiger partial charge is 0.218 e. The molecule has 5 nitrogen and oxygen atoms in total. The standard InChI is InChI=1S/C10H18N2.C4HN3/c1-4-6-12-7-5-11-10(12)8-9(2)3;5-1-4(2-6)3-7/h5,7,9H,4,6,8H2,1-3H3;4H. The van der Waals surface area contributed by atoms with Gasteiger partial charge in [0.05, 0.1) is 18.2 Å². The Morgan fingerprint density at radius 1 is 1.21 bits per heavy atom. The molecule has 0 amide bonds. The van der Waals surface area contributed by atoms with Crippen LogP contribution in [-0.4, -0.2) is 9.55 Å². The second kappa shape index (κ2) is 9.68. The molecule has 5 heteroatoms. The van der Waals surface area contributed by atoms with E-state index in [0.29, 0.717) is 5.92 Å². The van der Waals surface area contributed by atoms with Crippen molar-refractivity contribution in [3.05, 3.63) is 18.2 Å². The van der Waals surface area contributed by atoms with E-state index in [1.165, 1.54) is 30.5 Å². The number of imidazole rings is 1. The van der Waals surface area contributed by atoms with Gasteiger partial charge >= 0.3 is 0 Å². The molecule has 0 radical (unpaired) electrons. The summed E-state index contributed by atoms with van der Waals surface area (Å²) in [6, 6.07) is 4.44. The van der Waals surface area contributed by atoms with Gasteiger partial charge in [-0.05, 0) is 12.3 Å². The van der Waals surface area contributed by atoms with Gasteiger partial charge in [-0.2, -0.15) is 15.8 Å². The summed E-state index contributed by atoms with van der Waals surface area (Å²) in [4.78, 5) is 4.34. The molecule has 1 rings (SSSR count). The van der Waals surface area contributed by atoms with E-state index in [0.717, 1.165) is 13.0 Å². The molecule has 0 saturated carbocycles. The zero-order valence-corrected chi connectivity index (χ0v) is 11.7. The van der Waals surface area contributed by atoms with Crippen molar-refractivity contribution in [2.75, 3.05) is 0 Å². The maximum Gasteiger partial charge on any atom is 0.218 e. The zero-order valence-electron chi connectivity index (χ0n) is 11.7. The minimum Gasteiger partial charge on any atom is -0.335 e. The third-order valence-electron chi connectivity index (χ3n) is 2.24. The Bertz CT molecular complexity index is 448. The summed E-state index contributed by atoms with van der Waals surface area (Å²) in [6.07, 6.45) is 6.24. The highest BCUT2D eigenvalue weighted by Crippen LogP contribution is 2.06. The van der Waals surface area contributed by atoms with Crippen LogP contribution in [0.3, 0.4) is 0 Å². The summed E-state index contributed by atoms with van der Waals surface area (Å²) in [7, 11) is 0. The Balaban J connectivity index is 0.000000399. The lowest BCUT2D eigenvalue weighted by Gasteiger charge is -2.07. The minimum atomic E-state index is -1.10. The van der Waals surface area contributed by atoms with Gasteiger partial charge in [0.2, 0.25) is 5.92 Å². The molecule has 1 aromatic heterocycles. The van der Waals surface area contributed by atoms with E-state index < -0.39 is 5.92 Å². The van der Waals surface area contributed by atoms with Crippen LogP contribution < -0.4 is 0 Å². The van der Waals surface area contributed by atoms with Crippen LogP contribution in [0.1, 0.15) is 33.0 Å². The zero-order chi connectivity index (χ0) is 14.7. The Morgan fingerprint density at radius 3 is 2.16 bits per heavy atom. The van der Waals surface area contributed by atoms with E-state index in [4.69, 9.17) is 15.8 Å². The average Bonchev–Trinajstić information content (AvgIpc) is 2.79. The summed E-state index contributed by atoms with van der Waals surface area (Å²) in [5, 5.41) is 23.5. The number of hydrogen-bond acceptors (Lipinski definition) is 4. The van der Waals surface area contributed by atoms with E-state index >= 15 is 0 Å². The van der Waals surface area contributed by atoms with Crippen molar-refractivity contribution < 1.29 is 0 Å². The fourth-order valence-electron chi connectivity index (χ4n) is 1.43. The molecule has 0 aliphatic rings. The van der Waals surface area contributed by atoms with Crippen LogP contribution in [0.5, 0.6) is 0 Å². The molecule has 100 valence electrons. The molecule has 0 bridgehead atoms. The van der Waals surface area contributed by atoms with Gasteiger partial charge in [0.1, 0.15) is 5.82 Å². The highest BCUT2D eigenvalue weighted by molar-refractivity contribution is 5.11. The Morgan fingerprint density at radius 2 is 1.79 bits per heavy atom. The maximum absolute atomic E-state index is 7.83. The van der Waals surface area contributed by atoms with Crippen molar-refractivity contribution in [3.8, 4) is 18.2 Å². The first-order chi connectivity index (χ1) is 9.08. The molecule has 0 spiro atoms. The van der Waals surface area contributed by atoms with E-state index in [2.05, 4.69) is 36.5 Å². The average molecular weight is 257 g/mol. The van der Waals surface area contributed by atoms with Gasteiger partial charge < -0.3 is 4.57 Å². The van der Waals surface area contributed by atoms with Gasteiger partial charge in [0, 0.05) is 25.4 Å². The summed E-state index contributed by atoms with van der Waals surface area (Å²) < 4.78 is 2.25. The third-order valence-corrected chi connectivity index (χ3v) is 2.24. The predicted molar refractivity (Wildman–Crippen MR) is 71.4 cm³/mol. The van der Waals surface area contributed by atoms with Crippen LogP contribution in [0.2, 0.25) is 0 Å². The Hall–Kier alpha value is -2.32. The van der Waals surface area contributed by atoms with Crippen LogP contribution in [0.4, 0.5) is 0 Å². The van der Waals surface area contributed by atoms with Gasteiger partial charge in [0.25, 0.3) is 0 Å². The van der Waals surface area contributed by atoms with E-state index in [-0.39, 0.29) is 0 Å². The Kier molecular flexibility index (Phi) is 8.50.